The smallest absolute Gasteiger partial charge is 0.161 e. The van der Waals surface area contributed by atoms with E-state index in [-0.39, 0.29) is 12.1 Å². The van der Waals surface area contributed by atoms with E-state index < -0.39 is 0 Å². The van der Waals surface area contributed by atoms with Crippen molar-refractivity contribution in [3.63, 3.8) is 0 Å². The van der Waals surface area contributed by atoms with Gasteiger partial charge in [0.15, 0.2) is 34.5 Å². The molecule has 9 nitrogen and oxygen atoms in total. The van der Waals surface area contributed by atoms with Crippen LogP contribution in [0.25, 0.3) is 0 Å². The lowest BCUT2D eigenvalue weighted by atomic mass is 9.82. The largest absolute Gasteiger partial charge is 0.493 e. The quantitative estimate of drug-likeness (QED) is 0.118. The fraction of sp³-hybridized carbons (Fsp3) is 0.600. The summed E-state index contributed by atoms with van der Waals surface area (Å²) in [6.45, 7) is 6.88. The van der Waals surface area contributed by atoms with Crippen LogP contribution in [0.5, 0.6) is 34.5 Å². The zero-order valence-electron chi connectivity index (χ0n) is 34.2. The molecule has 0 aromatic heterocycles. The first-order chi connectivity index (χ1) is 26.2. The summed E-state index contributed by atoms with van der Waals surface area (Å²) < 4.78 is 34.2. The van der Waals surface area contributed by atoms with E-state index in [1.54, 1.807) is 42.7 Å². The average molecular weight is 744 g/mol. The number of hydrogen-bond donors (Lipinski definition) is 3. The molecule has 6 unspecified atom stereocenters. The SMILES string of the molecule is COc1cc2c(cc1OC)C(CCCCC(CCC1NC(C)Cc3cc(OC)c(OC)cc31)CCC1NC(C)Cc3cc(OC)c(OC)cc31)NC(C)C2. The Morgan fingerprint density at radius 1 is 0.444 bits per heavy atom. The Bertz CT molecular complexity index is 1630. The van der Waals surface area contributed by atoms with Crippen molar-refractivity contribution in [3.8, 4) is 34.5 Å². The van der Waals surface area contributed by atoms with Crippen LogP contribution in [0, 0.1) is 5.92 Å². The van der Waals surface area contributed by atoms with Crippen LogP contribution in [0.4, 0.5) is 0 Å². The van der Waals surface area contributed by atoms with Crippen LogP contribution in [0.3, 0.4) is 0 Å². The lowest BCUT2D eigenvalue weighted by molar-refractivity contribution is 0.300. The van der Waals surface area contributed by atoms with Crippen LogP contribution >= 0.6 is 0 Å². The molecule has 0 spiro atoms. The first-order valence-corrected chi connectivity index (χ1v) is 20.2. The van der Waals surface area contributed by atoms with Crippen LogP contribution < -0.4 is 44.4 Å². The Labute approximate surface area is 324 Å². The van der Waals surface area contributed by atoms with Gasteiger partial charge in [0.25, 0.3) is 0 Å². The molecule has 3 aliphatic heterocycles. The third kappa shape index (κ3) is 9.06. The lowest BCUT2D eigenvalue weighted by Gasteiger charge is -2.35. The maximum Gasteiger partial charge on any atom is 0.161 e. The Morgan fingerprint density at radius 2 is 0.759 bits per heavy atom. The Balaban J connectivity index is 1.18. The second-order valence-electron chi connectivity index (χ2n) is 16.0. The minimum atomic E-state index is 0.285. The number of rotatable bonds is 17. The fourth-order valence-electron chi connectivity index (χ4n) is 9.52. The number of benzene rings is 3. The molecule has 0 saturated carbocycles. The molecule has 296 valence electrons. The van der Waals surface area contributed by atoms with Gasteiger partial charge in [0.05, 0.1) is 42.7 Å². The molecule has 54 heavy (non-hydrogen) atoms. The minimum Gasteiger partial charge on any atom is -0.493 e. The summed E-state index contributed by atoms with van der Waals surface area (Å²) in [4.78, 5) is 0. The average Bonchev–Trinajstić information content (AvgIpc) is 3.17. The summed E-state index contributed by atoms with van der Waals surface area (Å²) in [5.74, 6) is 5.47. The van der Waals surface area contributed by atoms with E-state index in [1.807, 2.05) is 0 Å². The zero-order chi connectivity index (χ0) is 38.4. The first-order valence-electron chi connectivity index (χ1n) is 20.2. The zero-order valence-corrected chi connectivity index (χ0v) is 34.2. The highest BCUT2D eigenvalue weighted by Crippen LogP contribution is 2.42. The van der Waals surface area contributed by atoms with Gasteiger partial charge < -0.3 is 44.4 Å². The molecule has 3 heterocycles. The third-order valence-corrected chi connectivity index (χ3v) is 12.2. The highest BCUT2D eigenvalue weighted by atomic mass is 16.5. The molecule has 0 bridgehead atoms. The molecular weight excluding hydrogens is 679 g/mol. The van der Waals surface area contributed by atoms with Crippen molar-refractivity contribution >= 4 is 0 Å². The summed E-state index contributed by atoms with van der Waals surface area (Å²) in [5.41, 5.74) is 8.16. The summed E-state index contributed by atoms with van der Waals surface area (Å²) in [6.07, 6.45) is 12.2. The van der Waals surface area contributed by atoms with Gasteiger partial charge in [-0.1, -0.05) is 19.3 Å². The first kappa shape index (κ1) is 40.0. The van der Waals surface area contributed by atoms with Gasteiger partial charge in [0, 0.05) is 36.3 Å². The van der Waals surface area contributed by atoms with E-state index in [0.29, 0.717) is 30.1 Å². The predicted molar refractivity (Wildman–Crippen MR) is 216 cm³/mol. The van der Waals surface area contributed by atoms with Crippen molar-refractivity contribution in [2.75, 3.05) is 42.7 Å². The maximum atomic E-state index is 5.75. The van der Waals surface area contributed by atoms with Gasteiger partial charge in [-0.2, -0.15) is 0 Å². The van der Waals surface area contributed by atoms with Crippen LogP contribution in [0.1, 0.15) is 124 Å². The van der Waals surface area contributed by atoms with E-state index in [2.05, 4.69) is 73.1 Å². The summed E-state index contributed by atoms with van der Waals surface area (Å²) >= 11 is 0. The number of unbranched alkanes of at least 4 members (excludes halogenated alkanes) is 1. The molecule has 3 aliphatic rings. The van der Waals surface area contributed by atoms with E-state index >= 15 is 0 Å². The standard InChI is InChI=1S/C45H65N3O6/c1-27-18-31-21-40(49-4)43(52-7)24-34(31)37(46-27)13-11-10-12-30(14-16-38-35-25-44(53-8)41(50-5)22-32(35)19-28(2)47-38)15-17-39-36-26-45(54-9)42(51-6)23-33(36)20-29(3)48-39/h21-30,37-39,46-48H,10-20H2,1-9H3. The fourth-order valence-corrected chi connectivity index (χ4v) is 9.52. The molecule has 3 aromatic carbocycles. The van der Waals surface area contributed by atoms with E-state index in [1.165, 1.54) is 52.6 Å². The van der Waals surface area contributed by atoms with E-state index in [9.17, 15) is 0 Å². The van der Waals surface area contributed by atoms with Crippen LogP contribution in [0.15, 0.2) is 36.4 Å². The van der Waals surface area contributed by atoms with Gasteiger partial charge in [0.1, 0.15) is 0 Å². The molecule has 9 heteroatoms. The van der Waals surface area contributed by atoms with Crippen molar-refractivity contribution in [1.82, 2.24) is 16.0 Å². The Morgan fingerprint density at radius 3 is 1.09 bits per heavy atom. The second-order valence-corrected chi connectivity index (χ2v) is 16.0. The minimum absolute atomic E-state index is 0.285. The summed E-state index contributed by atoms with van der Waals surface area (Å²) in [7, 11) is 10.4. The lowest BCUT2D eigenvalue weighted by Crippen LogP contribution is -2.38. The topological polar surface area (TPSA) is 91.5 Å². The molecular formula is C45H65N3O6. The van der Waals surface area contributed by atoms with Crippen LogP contribution in [-0.2, 0) is 19.3 Å². The van der Waals surface area contributed by atoms with Crippen LogP contribution in [-0.4, -0.2) is 60.8 Å². The molecule has 0 amide bonds. The predicted octanol–water partition coefficient (Wildman–Crippen LogP) is 8.60. The Hall–Kier alpha value is -3.66. The van der Waals surface area contributed by atoms with Gasteiger partial charge >= 0.3 is 0 Å². The highest BCUT2D eigenvalue weighted by Gasteiger charge is 2.30. The normalized spacial score (nSPS) is 23.7. The number of nitrogens with one attached hydrogen (secondary N) is 3. The molecule has 6 atom stereocenters. The number of methoxy groups -OCH3 is 6. The van der Waals surface area contributed by atoms with Crippen molar-refractivity contribution in [2.45, 2.75) is 128 Å². The maximum absolute atomic E-state index is 5.75. The van der Waals surface area contributed by atoms with Crippen molar-refractivity contribution in [1.29, 1.82) is 0 Å². The molecule has 3 aromatic rings. The third-order valence-electron chi connectivity index (χ3n) is 12.2. The van der Waals surface area contributed by atoms with Gasteiger partial charge in [-0.15, -0.1) is 0 Å². The van der Waals surface area contributed by atoms with E-state index in [4.69, 9.17) is 28.4 Å². The number of fused-ring (bicyclic) bond motifs is 3. The molecule has 0 radical (unpaired) electrons. The van der Waals surface area contributed by atoms with Gasteiger partial charge in [0.2, 0.25) is 0 Å². The molecule has 6 rings (SSSR count). The monoisotopic (exact) mass is 743 g/mol. The molecule has 0 aliphatic carbocycles. The number of hydrogen-bond acceptors (Lipinski definition) is 9. The second kappa shape index (κ2) is 18.3. The van der Waals surface area contributed by atoms with Gasteiger partial charge in [-0.25, -0.2) is 0 Å². The molecule has 0 fully saturated rings. The van der Waals surface area contributed by atoms with Crippen molar-refractivity contribution < 1.29 is 28.4 Å². The van der Waals surface area contributed by atoms with Gasteiger partial charge in [-0.3, -0.25) is 0 Å². The van der Waals surface area contributed by atoms with E-state index in [0.717, 1.165) is 85.9 Å². The summed E-state index contributed by atoms with van der Waals surface area (Å²) in [6, 6.07) is 15.3. The van der Waals surface area contributed by atoms with Gasteiger partial charge in [-0.05, 0) is 148 Å². The molecule has 0 saturated heterocycles. The number of ether oxygens (including phenoxy) is 6. The van der Waals surface area contributed by atoms with Crippen LogP contribution in [0.2, 0.25) is 0 Å². The molecule has 3 N–H and O–H groups in total. The summed E-state index contributed by atoms with van der Waals surface area (Å²) in [5, 5.41) is 11.8. The Kier molecular flexibility index (Phi) is 13.6. The van der Waals surface area contributed by atoms with Crippen molar-refractivity contribution in [2.24, 2.45) is 5.92 Å². The van der Waals surface area contributed by atoms with Crippen molar-refractivity contribution in [3.05, 3.63) is 69.8 Å². The highest BCUT2D eigenvalue weighted by molar-refractivity contribution is 5.51.